The molecule has 0 aromatic rings. The van der Waals surface area contributed by atoms with Crippen molar-refractivity contribution in [3.05, 3.63) is 0 Å². The molecule has 0 saturated heterocycles. The van der Waals surface area contributed by atoms with Gasteiger partial charge in [-0.2, -0.15) is 0 Å². The summed E-state index contributed by atoms with van der Waals surface area (Å²) in [5.74, 6) is -0.0726. The minimum atomic E-state index is -0.638. The van der Waals surface area contributed by atoms with Crippen molar-refractivity contribution in [2.24, 2.45) is 11.3 Å². The van der Waals surface area contributed by atoms with Gasteiger partial charge in [-0.25, -0.2) is 0 Å². The van der Waals surface area contributed by atoms with Gasteiger partial charge in [-0.1, -0.05) is 20.8 Å². The molecule has 0 aliphatic heterocycles. The van der Waals surface area contributed by atoms with E-state index in [0.717, 1.165) is 12.8 Å². The van der Waals surface area contributed by atoms with Gasteiger partial charge in [0.2, 0.25) is 0 Å². The van der Waals surface area contributed by atoms with E-state index < -0.39 is 10.7 Å². The topological polar surface area (TPSA) is 37.3 Å². The zero-order valence-electron chi connectivity index (χ0n) is 8.76. The maximum atomic E-state index is 11.0. The van der Waals surface area contributed by atoms with Gasteiger partial charge >= 0.3 is 5.97 Å². The Morgan fingerprint density at radius 2 is 1.92 bits per heavy atom. The Morgan fingerprint density at radius 1 is 1.46 bits per heavy atom. The molecule has 13 heavy (non-hydrogen) atoms. The van der Waals surface area contributed by atoms with Crippen LogP contribution in [0.3, 0.4) is 0 Å². The van der Waals surface area contributed by atoms with Crippen molar-refractivity contribution in [1.82, 2.24) is 0 Å². The predicted octanol–water partition coefficient (Wildman–Crippen LogP) is 2.63. The van der Waals surface area contributed by atoms with Crippen molar-refractivity contribution in [2.45, 2.75) is 38.4 Å². The average molecular weight is 202 g/mol. The fraction of sp³-hybridized carbons (Fsp3) is 0.900. The van der Waals surface area contributed by atoms with E-state index in [1.807, 2.05) is 6.26 Å². The minimum absolute atomic E-state index is 0.259. The first-order valence-corrected chi connectivity index (χ1v) is 5.83. The molecule has 1 aliphatic carbocycles. The summed E-state index contributed by atoms with van der Waals surface area (Å²) >= 11 is 1.49. The molecular formula is C10H18O2S. The molecular weight excluding hydrogens is 184 g/mol. The molecule has 1 fully saturated rings. The average Bonchev–Trinajstić information content (AvgIpc) is 1.81. The van der Waals surface area contributed by atoms with Gasteiger partial charge in [-0.15, -0.1) is 11.8 Å². The first-order valence-electron chi connectivity index (χ1n) is 4.60. The summed E-state index contributed by atoms with van der Waals surface area (Å²) in [5.41, 5.74) is 0.259. The van der Waals surface area contributed by atoms with Crippen LogP contribution in [-0.4, -0.2) is 22.1 Å². The van der Waals surface area contributed by atoms with Crippen LogP contribution in [0.1, 0.15) is 33.6 Å². The van der Waals surface area contributed by atoms with Crippen molar-refractivity contribution in [1.29, 1.82) is 0 Å². The Kier molecular flexibility index (Phi) is 2.68. The van der Waals surface area contributed by atoms with Crippen molar-refractivity contribution in [2.75, 3.05) is 6.26 Å². The third-order valence-corrected chi connectivity index (χ3v) is 4.45. The van der Waals surface area contributed by atoms with E-state index in [4.69, 9.17) is 5.11 Å². The summed E-state index contributed by atoms with van der Waals surface area (Å²) in [6, 6.07) is 0. The Morgan fingerprint density at radius 3 is 2.15 bits per heavy atom. The highest BCUT2D eigenvalue weighted by Gasteiger charge is 2.53. The summed E-state index contributed by atoms with van der Waals surface area (Å²) in [4.78, 5) is 11.0. The van der Waals surface area contributed by atoms with Gasteiger partial charge in [0.1, 0.15) is 4.75 Å². The summed E-state index contributed by atoms with van der Waals surface area (Å²) in [6.07, 6.45) is 3.55. The van der Waals surface area contributed by atoms with E-state index in [0.29, 0.717) is 5.92 Å². The standard InChI is InChI=1S/C10H18O2S/c1-9(2,3)7-5-10(6-7,13-4)8(11)12/h7H,5-6H2,1-4H3,(H,11,12). The zero-order chi connectivity index (χ0) is 10.3. The number of carboxylic acids is 1. The van der Waals surface area contributed by atoms with Gasteiger partial charge in [0.25, 0.3) is 0 Å². The molecule has 1 saturated carbocycles. The van der Waals surface area contributed by atoms with Crippen molar-refractivity contribution in [3.63, 3.8) is 0 Å². The highest BCUT2D eigenvalue weighted by Crippen LogP contribution is 2.53. The summed E-state index contributed by atoms with van der Waals surface area (Å²) < 4.78 is -0.474. The Bertz CT molecular complexity index is 211. The summed E-state index contributed by atoms with van der Waals surface area (Å²) in [5, 5.41) is 9.05. The highest BCUT2D eigenvalue weighted by molar-refractivity contribution is 8.00. The largest absolute Gasteiger partial charge is 0.480 e. The van der Waals surface area contributed by atoms with Crippen LogP contribution in [0.5, 0.6) is 0 Å². The van der Waals surface area contributed by atoms with E-state index in [9.17, 15) is 4.79 Å². The second-order valence-electron chi connectivity index (χ2n) is 4.97. The van der Waals surface area contributed by atoms with Crippen LogP contribution < -0.4 is 0 Å². The van der Waals surface area contributed by atoms with Crippen LogP contribution in [-0.2, 0) is 4.79 Å². The lowest BCUT2D eigenvalue weighted by Crippen LogP contribution is -2.51. The van der Waals surface area contributed by atoms with E-state index in [1.165, 1.54) is 11.8 Å². The van der Waals surface area contributed by atoms with Gasteiger partial charge in [0.15, 0.2) is 0 Å². The molecule has 76 valence electrons. The molecule has 1 aliphatic rings. The third kappa shape index (κ3) is 1.85. The number of hydrogen-bond acceptors (Lipinski definition) is 2. The fourth-order valence-electron chi connectivity index (χ4n) is 1.78. The van der Waals surface area contributed by atoms with Crippen molar-refractivity contribution in [3.8, 4) is 0 Å². The van der Waals surface area contributed by atoms with Crippen LogP contribution in [0.2, 0.25) is 0 Å². The molecule has 0 unspecified atom stereocenters. The first-order chi connectivity index (χ1) is 5.82. The summed E-state index contributed by atoms with van der Waals surface area (Å²) in [7, 11) is 0. The van der Waals surface area contributed by atoms with Gasteiger partial charge < -0.3 is 5.11 Å². The predicted molar refractivity (Wildman–Crippen MR) is 56.1 cm³/mol. The number of rotatable bonds is 2. The molecule has 3 heteroatoms. The third-order valence-electron chi connectivity index (χ3n) is 3.16. The van der Waals surface area contributed by atoms with Crippen LogP contribution >= 0.6 is 11.8 Å². The molecule has 0 bridgehead atoms. The Hall–Kier alpha value is -0.180. The van der Waals surface area contributed by atoms with Crippen molar-refractivity contribution < 1.29 is 9.90 Å². The number of hydrogen-bond donors (Lipinski definition) is 1. The monoisotopic (exact) mass is 202 g/mol. The number of aliphatic carboxylic acids is 1. The SMILES string of the molecule is CSC1(C(=O)O)CC(C(C)(C)C)C1. The quantitative estimate of drug-likeness (QED) is 0.748. The van der Waals surface area contributed by atoms with Crippen LogP contribution in [0, 0.1) is 11.3 Å². The molecule has 2 nitrogen and oxygen atoms in total. The van der Waals surface area contributed by atoms with Gasteiger partial charge in [-0.05, 0) is 30.4 Å². The molecule has 0 heterocycles. The Labute approximate surface area is 84.1 Å². The molecule has 0 aromatic carbocycles. The highest BCUT2D eigenvalue weighted by atomic mass is 32.2. The lowest BCUT2D eigenvalue weighted by Gasteiger charge is -2.49. The molecule has 1 N–H and O–H groups in total. The molecule has 0 aromatic heterocycles. The smallest absolute Gasteiger partial charge is 0.319 e. The first kappa shape index (κ1) is 10.9. The second-order valence-corrected chi connectivity index (χ2v) is 6.16. The van der Waals surface area contributed by atoms with Gasteiger partial charge in [-0.3, -0.25) is 4.79 Å². The molecule has 0 atom stereocenters. The van der Waals surface area contributed by atoms with E-state index in [2.05, 4.69) is 20.8 Å². The number of thioether (sulfide) groups is 1. The number of carboxylic acid groups (broad SMARTS) is 1. The fourth-order valence-corrected chi connectivity index (χ4v) is 2.69. The van der Waals surface area contributed by atoms with Crippen LogP contribution in [0.4, 0.5) is 0 Å². The number of carbonyl (C=O) groups is 1. The maximum absolute atomic E-state index is 11.0. The lowest BCUT2D eigenvalue weighted by molar-refractivity contribution is -0.145. The lowest BCUT2D eigenvalue weighted by atomic mass is 9.62. The van der Waals surface area contributed by atoms with Crippen LogP contribution in [0.25, 0.3) is 0 Å². The Balaban J connectivity index is 2.60. The molecule has 0 radical (unpaired) electrons. The molecule has 0 amide bonds. The normalized spacial score (nSPS) is 34.0. The van der Waals surface area contributed by atoms with Gasteiger partial charge in [0.05, 0.1) is 0 Å². The zero-order valence-corrected chi connectivity index (χ0v) is 9.57. The van der Waals surface area contributed by atoms with Gasteiger partial charge in [0, 0.05) is 0 Å². The molecule has 0 spiro atoms. The van der Waals surface area contributed by atoms with E-state index in [1.54, 1.807) is 0 Å². The summed E-state index contributed by atoms with van der Waals surface area (Å²) in [6.45, 7) is 6.55. The van der Waals surface area contributed by atoms with Crippen LogP contribution in [0.15, 0.2) is 0 Å². The van der Waals surface area contributed by atoms with E-state index >= 15 is 0 Å². The van der Waals surface area contributed by atoms with E-state index in [-0.39, 0.29) is 5.41 Å². The van der Waals surface area contributed by atoms with Crippen molar-refractivity contribution >= 4 is 17.7 Å². The second kappa shape index (κ2) is 3.19. The minimum Gasteiger partial charge on any atom is -0.480 e. The maximum Gasteiger partial charge on any atom is 0.319 e. The molecule has 1 rings (SSSR count).